The van der Waals surface area contributed by atoms with Gasteiger partial charge in [0.25, 0.3) is 0 Å². The summed E-state index contributed by atoms with van der Waals surface area (Å²) in [7, 11) is 1.94. The zero-order valence-electron chi connectivity index (χ0n) is 15.9. The number of hydrogen-bond donors (Lipinski definition) is 2. The Morgan fingerprint density at radius 1 is 0.923 bits per heavy atom. The number of carbonyl (C=O) groups excluding carboxylic acids is 2. The van der Waals surface area contributed by atoms with Crippen molar-refractivity contribution >= 4 is 23.2 Å². The second kappa shape index (κ2) is 8.52. The van der Waals surface area contributed by atoms with E-state index in [1.165, 1.54) is 5.56 Å². The summed E-state index contributed by atoms with van der Waals surface area (Å²) in [5, 5.41) is 5.27. The van der Waals surface area contributed by atoms with Crippen LogP contribution in [0, 0.1) is 0 Å². The lowest BCUT2D eigenvalue weighted by molar-refractivity contribution is -0.136. The molecule has 2 rings (SSSR count). The normalized spacial score (nSPS) is 10.9. The van der Waals surface area contributed by atoms with Gasteiger partial charge in [0.2, 0.25) is 0 Å². The van der Waals surface area contributed by atoms with Gasteiger partial charge in [0, 0.05) is 31.5 Å². The fourth-order valence-electron chi connectivity index (χ4n) is 2.47. The van der Waals surface area contributed by atoms with E-state index in [0.29, 0.717) is 18.8 Å². The first-order valence-corrected chi connectivity index (χ1v) is 8.73. The van der Waals surface area contributed by atoms with E-state index in [-0.39, 0.29) is 5.41 Å². The van der Waals surface area contributed by atoms with Crippen LogP contribution in [0.2, 0.25) is 0 Å². The number of benzene rings is 2. The number of hydrogen-bond acceptors (Lipinski definition) is 3. The van der Waals surface area contributed by atoms with E-state index < -0.39 is 11.8 Å². The highest BCUT2D eigenvalue weighted by Gasteiger charge is 2.15. The lowest BCUT2D eigenvalue weighted by Crippen LogP contribution is -2.39. The molecule has 0 aliphatic rings. The lowest BCUT2D eigenvalue weighted by atomic mass is 9.87. The molecule has 0 radical (unpaired) electrons. The van der Waals surface area contributed by atoms with Gasteiger partial charge in [0.05, 0.1) is 0 Å². The lowest BCUT2D eigenvalue weighted by Gasteiger charge is -2.19. The Labute approximate surface area is 155 Å². The minimum Gasteiger partial charge on any atom is -0.373 e. The van der Waals surface area contributed by atoms with Crippen molar-refractivity contribution in [3.8, 4) is 0 Å². The Morgan fingerprint density at radius 2 is 1.54 bits per heavy atom. The SMILES string of the molecule is CN(CCNC(=O)C(=O)Nc1ccc(C(C)(C)C)cc1)c1ccccc1. The summed E-state index contributed by atoms with van der Waals surface area (Å²) < 4.78 is 0. The summed E-state index contributed by atoms with van der Waals surface area (Å²) in [5.74, 6) is -1.29. The van der Waals surface area contributed by atoms with E-state index in [1.807, 2.05) is 66.5 Å². The molecule has 0 fully saturated rings. The molecule has 2 N–H and O–H groups in total. The first-order valence-electron chi connectivity index (χ1n) is 8.73. The van der Waals surface area contributed by atoms with Crippen LogP contribution in [0.25, 0.3) is 0 Å². The van der Waals surface area contributed by atoms with Crippen molar-refractivity contribution in [3.05, 3.63) is 60.2 Å². The average Bonchev–Trinajstić information content (AvgIpc) is 2.62. The Bertz CT molecular complexity index is 734. The number of nitrogens with one attached hydrogen (secondary N) is 2. The predicted octanol–water partition coefficient (Wildman–Crippen LogP) is 3.18. The van der Waals surface area contributed by atoms with Crippen LogP contribution in [0.15, 0.2) is 54.6 Å². The van der Waals surface area contributed by atoms with Gasteiger partial charge in [-0.1, -0.05) is 51.1 Å². The van der Waals surface area contributed by atoms with Crippen molar-refractivity contribution in [1.29, 1.82) is 0 Å². The predicted molar refractivity (Wildman–Crippen MR) is 106 cm³/mol. The average molecular weight is 353 g/mol. The van der Waals surface area contributed by atoms with Gasteiger partial charge >= 0.3 is 11.8 Å². The highest BCUT2D eigenvalue weighted by molar-refractivity contribution is 6.39. The number of rotatable bonds is 5. The third kappa shape index (κ3) is 5.62. The minimum absolute atomic E-state index is 0.0463. The summed E-state index contributed by atoms with van der Waals surface area (Å²) >= 11 is 0. The second-order valence-corrected chi connectivity index (χ2v) is 7.29. The molecule has 0 atom stereocenters. The van der Waals surface area contributed by atoms with Crippen LogP contribution in [-0.2, 0) is 15.0 Å². The maximum Gasteiger partial charge on any atom is 0.313 e. The first-order chi connectivity index (χ1) is 12.3. The van der Waals surface area contributed by atoms with Crippen LogP contribution in [0.1, 0.15) is 26.3 Å². The summed E-state index contributed by atoms with van der Waals surface area (Å²) in [5.41, 5.74) is 2.89. The Hall–Kier alpha value is -2.82. The molecule has 0 saturated heterocycles. The molecule has 0 saturated carbocycles. The van der Waals surface area contributed by atoms with E-state index in [4.69, 9.17) is 0 Å². The Balaban J connectivity index is 1.79. The molecule has 0 bridgehead atoms. The van der Waals surface area contributed by atoms with Gasteiger partial charge in [-0.3, -0.25) is 9.59 Å². The quantitative estimate of drug-likeness (QED) is 0.812. The standard InChI is InChI=1S/C21H27N3O2/c1-21(2,3)16-10-12-17(13-11-16)23-20(26)19(25)22-14-15-24(4)18-8-6-5-7-9-18/h5-13H,14-15H2,1-4H3,(H,22,25)(H,23,26). The van der Waals surface area contributed by atoms with Crippen molar-refractivity contribution < 1.29 is 9.59 Å². The molecule has 0 unspecified atom stereocenters. The number of likely N-dealkylation sites (N-methyl/N-ethyl adjacent to an activating group) is 1. The molecular weight excluding hydrogens is 326 g/mol. The van der Waals surface area contributed by atoms with Gasteiger partial charge in [-0.2, -0.15) is 0 Å². The van der Waals surface area contributed by atoms with Gasteiger partial charge in [-0.25, -0.2) is 0 Å². The van der Waals surface area contributed by atoms with Crippen molar-refractivity contribution in [2.75, 3.05) is 30.4 Å². The van der Waals surface area contributed by atoms with Crippen LogP contribution >= 0.6 is 0 Å². The summed E-state index contributed by atoms with van der Waals surface area (Å²) in [6.07, 6.45) is 0. The molecule has 2 aromatic carbocycles. The number of amides is 2. The molecule has 0 aliphatic heterocycles. The van der Waals surface area contributed by atoms with Crippen molar-refractivity contribution in [3.63, 3.8) is 0 Å². The molecule has 0 aliphatic carbocycles. The number of carbonyl (C=O) groups is 2. The van der Waals surface area contributed by atoms with Crippen molar-refractivity contribution in [2.45, 2.75) is 26.2 Å². The van der Waals surface area contributed by atoms with Gasteiger partial charge in [-0.15, -0.1) is 0 Å². The van der Waals surface area contributed by atoms with Gasteiger partial charge < -0.3 is 15.5 Å². The maximum absolute atomic E-state index is 12.0. The van der Waals surface area contributed by atoms with Crippen LogP contribution in [-0.4, -0.2) is 32.0 Å². The third-order valence-corrected chi connectivity index (χ3v) is 4.14. The van der Waals surface area contributed by atoms with Gasteiger partial charge in [-0.05, 0) is 35.2 Å². The zero-order chi connectivity index (χ0) is 19.2. The van der Waals surface area contributed by atoms with Gasteiger partial charge in [0.1, 0.15) is 0 Å². The summed E-state index contributed by atoms with van der Waals surface area (Å²) in [6.45, 7) is 7.38. The molecule has 5 nitrogen and oxygen atoms in total. The summed E-state index contributed by atoms with van der Waals surface area (Å²) in [4.78, 5) is 26.0. The molecule has 5 heteroatoms. The fraction of sp³-hybridized carbons (Fsp3) is 0.333. The highest BCUT2D eigenvalue weighted by Crippen LogP contribution is 2.23. The van der Waals surface area contributed by atoms with E-state index in [1.54, 1.807) is 0 Å². The molecular formula is C21H27N3O2. The smallest absolute Gasteiger partial charge is 0.313 e. The monoisotopic (exact) mass is 353 g/mol. The Kier molecular flexibility index (Phi) is 6.39. The van der Waals surface area contributed by atoms with Crippen LogP contribution in [0.4, 0.5) is 11.4 Å². The van der Waals surface area contributed by atoms with E-state index in [0.717, 1.165) is 5.69 Å². The topological polar surface area (TPSA) is 61.4 Å². The Morgan fingerprint density at radius 3 is 2.12 bits per heavy atom. The number of anilines is 2. The maximum atomic E-state index is 12.0. The summed E-state index contributed by atoms with van der Waals surface area (Å²) in [6, 6.07) is 17.4. The van der Waals surface area contributed by atoms with E-state index in [9.17, 15) is 9.59 Å². The van der Waals surface area contributed by atoms with Crippen molar-refractivity contribution in [1.82, 2.24) is 5.32 Å². The molecule has 138 valence electrons. The zero-order valence-corrected chi connectivity index (χ0v) is 15.9. The van der Waals surface area contributed by atoms with E-state index >= 15 is 0 Å². The molecule has 2 aromatic rings. The number of nitrogens with zero attached hydrogens (tertiary/aromatic N) is 1. The molecule has 0 aromatic heterocycles. The second-order valence-electron chi connectivity index (χ2n) is 7.29. The fourth-order valence-corrected chi connectivity index (χ4v) is 2.47. The minimum atomic E-state index is -0.657. The molecule has 26 heavy (non-hydrogen) atoms. The van der Waals surface area contributed by atoms with Crippen molar-refractivity contribution in [2.24, 2.45) is 0 Å². The molecule has 2 amide bonds. The molecule has 0 heterocycles. The number of para-hydroxylation sites is 1. The van der Waals surface area contributed by atoms with Crippen LogP contribution in [0.3, 0.4) is 0 Å². The first kappa shape index (κ1) is 19.5. The highest BCUT2D eigenvalue weighted by atomic mass is 16.2. The van der Waals surface area contributed by atoms with E-state index in [2.05, 4.69) is 31.4 Å². The van der Waals surface area contributed by atoms with Gasteiger partial charge in [0.15, 0.2) is 0 Å². The van der Waals surface area contributed by atoms with Crippen LogP contribution < -0.4 is 15.5 Å². The molecule has 0 spiro atoms. The van der Waals surface area contributed by atoms with Crippen LogP contribution in [0.5, 0.6) is 0 Å². The largest absolute Gasteiger partial charge is 0.373 e. The third-order valence-electron chi connectivity index (χ3n) is 4.14.